The Kier molecular flexibility index (Phi) is 5.47. The molecule has 3 rings (SSSR count). The zero-order valence-corrected chi connectivity index (χ0v) is 15.3. The van der Waals surface area contributed by atoms with E-state index in [1.807, 2.05) is 24.3 Å². The monoisotopic (exact) mass is 446 g/mol. The first-order chi connectivity index (χ1) is 12.3. The van der Waals surface area contributed by atoms with Gasteiger partial charge in [0.05, 0.1) is 12.2 Å². The van der Waals surface area contributed by atoms with Crippen LogP contribution in [0.15, 0.2) is 49.3 Å². The lowest BCUT2D eigenvalue weighted by atomic mass is 10.1. The Morgan fingerprint density at radius 3 is 2.62 bits per heavy atom. The molecule has 26 heavy (non-hydrogen) atoms. The van der Waals surface area contributed by atoms with Gasteiger partial charge in [-0.15, -0.1) is 0 Å². The van der Waals surface area contributed by atoms with Crippen LogP contribution in [0.4, 0.5) is 13.2 Å². The van der Waals surface area contributed by atoms with Crippen molar-refractivity contribution in [2.24, 2.45) is 0 Å². The van der Waals surface area contributed by atoms with E-state index in [0.717, 1.165) is 21.8 Å². The Morgan fingerprint density at radius 2 is 1.92 bits per heavy atom. The molecule has 1 aromatic carbocycles. The molecule has 11 heteroatoms. The van der Waals surface area contributed by atoms with E-state index in [1.165, 1.54) is 0 Å². The van der Waals surface area contributed by atoms with Crippen LogP contribution in [0, 0.1) is 0 Å². The summed E-state index contributed by atoms with van der Waals surface area (Å²) in [4.78, 5) is 21.2. The van der Waals surface area contributed by atoms with Crippen molar-refractivity contribution >= 4 is 27.7 Å². The molecule has 0 unspecified atom stereocenters. The molecule has 0 bridgehead atoms. The molecule has 0 radical (unpaired) electrons. The molecule has 2 heterocycles. The van der Waals surface area contributed by atoms with E-state index in [0.29, 0.717) is 24.2 Å². The second kappa shape index (κ2) is 7.62. The van der Waals surface area contributed by atoms with Crippen molar-refractivity contribution in [2.45, 2.75) is 23.5 Å². The largest absolute Gasteiger partial charge is 0.433 e. The Bertz CT molecular complexity index is 957. The number of benzene rings is 1. The second-order valence-corrected chi connectivity index (χ2v) is 7.01. The third-order valence-corrected chi connectivity index (χ3v) is 4.53. The second-order valence-electron chi connectivity index (χ2n) is 5.13. The highest BCUT2D eigenvalue weighted by Gasteiger charge is 2.33. The first-order valence-corrected chi connectivity index (χ1v) is 8.95. The number of aromatic amines is 1. The molecule has 0 fully saturated rings. The third-order valence-electron chi connectivity index (χ3n) is 3.13. The van der Waals surface area contributed by atoms with E-state index in [1.54, 1.807) is 0 Å². The molecule has 0 amide bonds. The van der Waals surface area contributed by atoms with Crippen molar-refractivity contribution < 1.29 is 17.7 Å². The number of alkyl halides is 3. The van der Waals surface area contributed by atoms with Crippen LogP contribution in [-0.4, -0.2) is 20.1 Å². The highest BCUT2D eigenvalue weighted by Crippen LogP contribution is 2.28. The topological polar surface area (TPSA) is 84.7 Å². The van der Waals surface area contributed by atoms with Crippen LogP contribution in [0.1, 0.15) is 23.0 Å². The van der Waals surface area contributed by atoms with E-state index in [9.17, 15) is 18.0 Å². The molecule has 3 aromatic rings. The standard InChI is InChI=1S/C15H10BrF3N4O2S/c16-9-3-1-8(2-4-9)5-13-21-11(23-25-13)7-26-14-20-10(15(17,18)19)6-12(24)22-14/h1-4,6H,5,7H2,(H,20,22,24). The van der Waals surface area contributed by atoms with E-state index in [2.05, 4.69) is 36.0 Å². The highest BCUT2D eigenvalue weighted by molar-refractivity contribution is 9.10. The van der Waals surface area contributed by atoms with Gasteiger partial charge in [0.25, 0.3) is 5.56 Å². The van der Waals surface area contributed by atoms with Crippen LogP contribution in [-0.2, 0) is 18.3 Å². The van der Waals surface area contributed by atoms with E-state index in [-0.39, 0.29) is 10.9 Å². The first kappa shape index (κ1) is 18.6. The molecular formula is C15H10BrF3N4O2S. The summed E-state index contributed by atoms with van der Waals surface area (Å²) in [5, 5.41) is 3.62. The van der Waals surface area contributed by atoms with Crippen molar-refractivity contribution in [1.82, 2.24) is 20.1 Å². The fraction of sp³-hybridized carbons (Fsp3) is 0.200. The Labute approximate surface area is 157 Å². The van der Waals surface area contributed by atoms with Gasteiger partial charge in [0.15, 0.2) is 16.7 Å². The smallest absolute Gasteiger partial charge is 0.339 e. The third kappa shape index (κ3) is 4.94. The van der Waals surface area contributed by atoms with Crippen LogP contribution in [0.25, 0.3) is 0 Å². The van der Waals surface area contributed by atoms with Gasteiger partial charge < -0.3 is 9.51 Å². The van der Waals surface area contributed by atoms with Crippen molar-refractivity contribution in [1.29, 1.82) is 0 Å². The van der Waals surface area contributed by atoms with E-state index >= 15 is 0 Å². The normalized spacial score (nSPS) is 11.7. The van der Waals surface area contributed by atoms with Crippen LogP contribution >= 0.6 is 27.7 Å². The Hall–Kier alpha value is -2.14. The number of nitrogens with one attached hydrogen (secondary N) is 1. The Balaban J connectivity index is 1.66. The van der Waals surface area contributed by atoms with Crippen LogP contribution in [0.3, 0.4) is 0 Å². The summed E-state index contributed by atoms with van der Waals surface area (Å²) >= 11 is 4.23. The van der Waals surface area contributed by atoms with Gasteiger partial charge in [0, 0.05) is 10.5 Å². The summed E-state index contributed by atoms with van der Waals surface area (Å²) in [6, 6.07) is 7.99. The van der Waals surface area contributed by atoms with Gasteiger partial charge >= 0.3 is 6.18 Å². The zero-order valence-electron chi connectivity index (χ0n) is 12.9. The van der Waals surface area contributed by atoms with Gasteiger partial charge in [-0.05, 0) is 17.7 Å². The summed E-state index contributed by atoms with van der Waals surface area (Å²) in [7, 11) is 0. The van der Waals surface area contributed by atoms with Crippen molar-refractivity contribution in [2.75, 3.05) is 0 Å². The molecule has 1 N–H and O–H groups in total. The minimum Gasteiger partial charge on any atom is -0.339 e. The van der Waals surface area contributed by atoms with Crippen LogP contribution in [0.5, 0.6) is 0 Å². The molecule has 0 atom stereocenters. The number of H-pyrrole nitrogens is 1. The van der Waals surface area contributed by atoms with Gasteiger partial charge in [-0.25, -0.2) is 4.98 Å². The molecule has 6 nitrogen and oxygen atoms in total. The molecule has 0 aliphatic carbocycles. The minimum atomic E-state index is -4.69. The van der Waals surface area contributed by atoms with Gasteiger partial charge in [-0.3, -0.25) is 4.79 Å². The number of rotatable bonds is 5. The predicted octanol–water partition coefficient (Wildman–Crippen LogP) is 3.82. The van der Waals surface area contributed by atoms with Crippen molar-refractivity contribution in [3.8, 4) is 0 Å². The number of halogens is 4. The molecule has 0 aliphatic rings. The summed E-state index contributed by atoms with van der Waals surface area (Å²) < 4.78 is 44.1. The van der Waals surface area contributed by atoms with Gasteiger partial charge in [0.2, 0.25) is 5.89 Å². The molecule has 0 saturated heterocycles. The fourth-order valence-corrected chi connectivity index (χ4v) is 2.96. The molecule has 0 saturated carbocycles. The molecule has 136 valence electrons. The quantitative estimate of drug-likeness (QED) is 0.473. The Morgan fingerprint density at radius 1 is 1.19 bits per heavy atom. The SMILES string of the molecule is O=c1cc(C(F)(F)F)nc(SCc2noc(Cc3ccc(Br)cc3)n2)[nH]1. The molecule has 2 aromatic heterocycles. The number of nitrogens with zero attached hydrogens (tertiary/aromatic N) is 3. The van der Waals surface area contributed by atoms with Gasteiger partial charge in [-0.2, -0.15) is 18.2 Å². The average molecular weight is 447 g/mol. The lowest BCUT2D eigenvalue weighted by Gasteiger charge is -2.06. The van der Waals surface area contributed by atoms with Crippen LogP contribution in [0.2, 0.25) is 0 Å². The van der Waals surface area contributed by atoms with Crippen molar-refractivity contribution in [3.63, 3.8) is 0 Å². The number of aromatic nitrogens is 4. The summed E-state index contributed by atoms with van der Waals surface area (Å²) in [6.07, 6.45) is -4.25. The maximum atomic E-state index is 12.7. The first-order valence-electron chi connectivity index (χ1n) is 7.17. The lowest BCUT2D eigenvalue weighted by molar-refractivity contribution is -0.141. The summed E-state index contributed by atoms with van der Waals surface area (Å²) in [5.74, 6) is 0.782. The van der Waals surface area contributed by atoms with Crippen LogP contribution < -0.4 is 5.56 Å². The van der Waals surface area contributed by atoms with E-state index in [4.69, 9.17) is 4.52 Å². The average Bonchev–Trinajstić information content (AvgIpc) is 3.01. The molecular weight excluding hydrogens is 437 g/mol. The molecule has 0 spiro atoms. The van der Waals surface area contributed by atoms with Gasteiger partial charge in [-0.1, -0.05) is 45.0 Å². The summed E-state index contributed by atoms with van der Waals surface area (Å²) in [6.45, 7) is 0. The number of hydrogen-bond donors (Lipinski definition) is 1. The fourth-order valence-electron chi connectivity index (χ4n) is 1.98. The molecule has 0 aliphatic heterocycles. The van der Waals surface area contributed by atoms with Gasteiger partial charge in [0.1, 0.15) is 0 Å². The minimum absolute atomic E-state index is 0.105. The lowest BCUT2D eigenvalue weighted by Crippen LogP contribution is -2.16. The number of thioether (sulfide) groups is 1. The summed E-state index contributed by atoms with van der Waals surface area (Å²) in [5.41, 5.74) is -1.15. The zero-order chi connectivity index (χ0) is 18.7. The predicted molar refractivity (Wildman–Crippen MR) is 90.7 cm³/mol. The maximum Gasteiger partial charge on any atom is 0.433 e. The highest BCUT2D eigenvalue weighted by atomic mass is 79.9. The van der Waals surface area contributed by atoms with E-state index < -0.39 is 17.4 Å². The number of hydrogen-bond acceptors (Lipinski definition) is 6. The van der Waals surface area contributed by atoms with Crippen molar-refractivity contribution in [3.05, 3.63) is 68.1 Å². The maximum absolute atomic E-state index is 12.7.